The van der Waals surface area contributed by atoms with E-state index < -0.39 is 0 Å². The lowest BCUT2D eigenvalue weighted by atomic mass is 10.1. The molecule has 2 aromatic carbocycles. The molecule has 142 valence electrons. The van der Waals surface area contributed by atoms with Crippen LogP contribution in [0.2, 0.25) is 0 Å². The number of benzene rings is 2. The Hall–Kier alpha value is -2.40. The molecule has 0 radical (unpaired) electrons. The van der Waals surface area contributed by atoms with Crippen molar-refractivity contribution >= 4 is 10.8 Å². The summed E-state index contributed by atoms with van der Waals surface area (Å²) in [6, 6.07) is 12.7. The van der Waals surface area contributed by atoms with Gasteiger partial charge in [-0.2, -0.15) is 4.98 Å². The predicted octanol–water partition coefficient (Wildman–Crippen LogP) is 5.23. The monoisotopic (exact) mass is 365 g/mol. The summed E-state index contributed by atoms with van der Waals surface area (Å²) < 4.78 is 11.4. The molecule has 2 heterocycles. The molecule has 1 aromatic heterocycles. The molecule has 1 fully saturated rings. The molecular weight excluding hydrogens is 338 g/mol. The second kappa shape index (κ2) is 8.09. The van der Waals surface area contributed by atoms with Gasteiger partial charge in [-0.25, -0.2) is 0 Å². The van der Waals surface area contributed by atoms with Gasteiger partial charge in [-0.05, 0) is 61.8 Å². The Morgan fingerprint density at radius 1 is 1.15 bits per heavy atom. The second-order valence-corrected chi connectivity index (χ2v) is 7.37. The van der Waals surface area contributed by atoms with Gasteiger partial charge >= 0.3 is 0 Å². The molecule has 0 bridgehead atoms. The van der Waals surface area contributed by atoms with E-state index in [1.165, 1.54) is 19.3 Å². The smallest absolute Gasteiger partial charge is 0.244 e. The van der Waals surface area contributed by atoms with E-state index in [1.54, 1.807) is 0 Å². The van der Waals surface area contributed by atoms with Crippen LogP contribution < -0.4 is 4.74 Å². The normalized spacial score (nSPS) is 17.6. The highest BCUT2D eigenvalue weighted by molar-refractivity contribution is 5.87. The fourth-order valence-electron chi connectivity index (χ4n) is 3.70. The number of fused-ring (bicyclic) bond motifs is 1. The topological polar surface area (TPSA) is 51.4 Å². The third-order valence-corrected chi connectivity index (χ3v) is 5.33. The van der Waals surface area contributed by atoms with Gasteiger partial charge in [-0.1, -0.05) is 43.1 Å². The van der Waals surface area contributed by atoms with Crippen molar-refractivity contribution in [3.63, 3.8) is 0 Å². The third-order valence-electron chi connectivity index (χ3n) is 5.33. The Balaban J connectivity index is 1.51. The zero-order valence-corrected chi connectivity index (χ0v) is 16.1. The van der Waals surface area contributed by atoms with E-state index in [0.717, 1.165) is 54.0 Å². The lowest BCUT2D eigenvalue weighted by Gasteiger charge is -2.14. The van der Waals surface area contributed by atoms with Crippen LogP contribution >= 0.6 is 0 Å². The minimum absolute atomic E-state index is 0.249. The Labute approximate surface area is 160 Å². The predicted molar refractivity (Wildman–Crippen MR) is 107 cm³/mol. The molecule has 1 atom stereocenters. The number of nitrogens with zero attached hydrogens (tertiary/aromatic N) is 3. The summed E-state index contributed by atoms with van der Waals surface area (Å²) in [7, 11) is 2.11. The van der Waals surface area contributed by atoms with Crippen molar-refractivity contribution in [1.82, 2.24) is 15.0 Å². The van der Waals surface area contributed by atoms with Gasteiger partial charge in [0.2, 0.25) is 11.7 Å². The minimum atomic E-state index is 0.249. The molecule has 1 aliphatic heterocycles. The van der Waals surface area contributed by atoms with E-state index in [4.69, 9.17) is 9.26 Å². The van der Waals surface area contributed by atoms with Gasteiger partial charge in [0.05, 0.1) is 12.6 Å². The summed E-state index contributed by atoms with van der Waals surface area (Å²) in [6.07, 6.45) is 5.78. The molecule has 0 spiro atoms. The SMILES string of the molecule is CCCCCOc1ccc2cc(-c3noc(C4CCCN4C)n3)ccc2c1. The number of rotatable bonds is 7. The van der Waals surface area contributed by atoms with Gasteiger partial charge in [0.1, 0.15) is 5.75 Å². The molecule has 0 amide bonds. The standard InChI is InChI=1S/C22H27N3O2/c1-3-4-5-13-26-19-11-10-16-14-18(9-8-17(16)15-19)21-23-22(27-24-21)20-7-6-12-25(20)2/h8-11,14-15,20H,3-7,12-13H2,1-2H3. The average Bonchev–Trinajstić information content (AvgIpc) is 3.33. The van der Waals surface area contributed by atoms with E-state index >= 15 is 0 Å². The van der Waals surface area contributed by atoms with Gasteiger partial charge in [-0.15, -0.1) is 0 Å². The van der Waals surface area contributed by atoms with Crippen LogP contribution in [0.5, 0.6) is 5.75 Å². The van der Waals surface area contributed by atoms with Gasteiger partial charge < -0.3 is 9.26 Å². The van der Waals surface area contributed by atoms with Crippen LogP contribution in [0.3, 0.4) is 0 Å². The molecule has 4 rings (SSSR count). The van der Waals surface area contributed by atoms with Crippen molar-refractivity contribution in [3.05, 3.63) is 42.3 Å². The average molecular weight is 365 g/mol. The molecule has 3 aromatic rings. The van der Waals surface area contributed by atoms with Gasteiger partial charge in [0, 0.05) is 5.56 Å². The van der Waals surface area contributed by atoms with Crippen LogP contribution in [0.4, 0.5) is 0 Å². The van der Waals surface area contributed by atoms with Crippen LogP contribution in [0, 0.1) is 0 Å². The first-order valence-corrected chi connectivity index (χ1v) is 9.95. The van der Waals surface area contributed by atoms with Crippen LogP contribution in [-0.4, -0.2) is 35.2 Å². The molecule has 0 saturated carbocycles. The van der Waals surface area contributed by atoms with Crippen molar-refractivity contribution < 1.29 is 9.26 Å². The highest BCUT2D eigenvalue weighted by Crippen LogP contribution is 2.31. The van der Waals surface area contributed by atoms with Crippen LogP contribution in [0.15, 0.2) is 40.9 Å². The Bertz CT molecular complexity index is 905. The number of likely N-dealkylation sites (tertiary alicyclic amines) is 1. The van der Waals surface area contributed by atoms with Gasteiger partial charge in [-0.3, -0.25) is 4.90 Å². The Morgan fingerprint density at radius 2 is 2.00 bits per heavy atom. The van der Waals surface area contributed by atoms with Crippen molar-refractivity contribution in [2.24, 2.45) is 0 Å². The molecule has 1 unspecified atom stereocenters. The summed E-state index contributed by atoms with van der Waals surface area (Å²) in [5, 5.41) is 6.52. The number of hydrogen-bond acceptors (Lipinski definition) is 5. The summed E-state index contributed by atoms with van der Waals surface area (Å²) in [4.78, 5) is 6.93. The summed E-state index contributed by atoms with van der Waals surface area (Å²) in [6.45, 7) is 4.06. The maximum Gasteiger partial charge on any atom is 0.244 e. The quantitative estimate of drug-likeness (QED) is 0.537. The fraction of sp³-hybridized carbons (Fsp3) is 0.455. The first kappa shape index (κ1) is 18.0. The summed E-state index contributed by atoms with van der Waals surface area (Å²) in [5.74, 6) is 2.31. The van der Waals surface area contributed by atoms with Crippen LogP contribution in [0.1, 0.15) is 51.0 Å². The number of aromatic nitrogens is 2. The van der Waals surface area contributed by atoms with Gasteiger partial charge in [0.15, 0.2) is 0 Å². The van der Waals surface area contributed by atoms with E-state index in [2.05, 4.69) is 59.3 Å². The highest BCUT2D eigenvalue weighted by Gasteiger charge is 2.27. The summed E-state index contributed by atoms with van der Waals surface area (Å²) in [5.41, 5.74) is 0.981. The Kier molecular flexibility index (Phi) is 5.39. The third kappa shape index (κ3) is 3.98. The first-order valence-electron chi connectivity index (χ1n) is 9.95. The summed E-state index contributed by atoms with van der Waals surface area (Å²) >= 11 is 0. The van der Waals surface area contributed by atoms with E-state index in [9.17, 15) is 0 Å². The fourth-order valence-corrected chi connectivity index (χ4v) is 3.70. The highest BCUT2D eigenvalue weighted by atomic mass is 16.5. The van der Waals surface area contributed by atoms with Crippen LogP contribution in [0.25, 0.3) is 22.2 Å². The molecule has 0 N–H and O–H groups in total. The zero-order chi connectivity index (χ0) is 18.6. The lowest BCUT2D eigenvalue weighted by Crippen LogP contribution is -2.17. The molecular formula is C22H27N3O2. The molecule has 5 nitrogen and oxygen atoms in total. The molecule has 1 aliphatic rings. The van der Waals surface area contributed by atoms with E-state index in [-0.39, 0.29) is 6.04 Å². The maximum absolute atomic E-state index is 5.86. The Morgan fingerprint density at radius 3 is 2.81 bits per heavy atom. The number of ether oxygens (including phenoxy) is 1. The second-order valence-electron chi connectivity index (χ2n) is 7.37. The molecule has 27 heavy (non-hydrogen) atoms. The van der Waals surface area contributed by atoms with Crippen molar-refractivity contribution in [1.29, 1.82) is 0 Å². The molecule has 1 saturated heterocycles. The number of hydrogen-bond donors (Lipinski definition) is 0. The minimum Gasteiger partial charge on any atom is -0.494 e. The van der Waals surface area contributed by atoms with E-state index in [1.807, 2.05) is 6.07 Å². The molecule has 5 heteroatoms. The lowest BCUT2D eigenvalue weighted by molar-refractivity contribution is 0.245. The van der Waals surface area contributed by atoms with Crippen molar-refractivity contribution in [2.45, 2.75) is 45.1 Å². The largest absolute Gasteiger partial charge is 0.494 e. The van der Waals surface area contributed by atoms with E-state index in [0.29, 0.717) is 5.82 Å². The van der Waals surface area contributed by atoms with Crippen molar-refractivity contribution in [3.8, 4) is 17.1 Å². The van der Waals surface area contributed by atoms with Gasteiger partial charge in [0.25, 0.3) is 0 Å². The zero-order valence-electron chi connectivity index (χ0n) is 16.1. The van der Waals surface area contributed by atoms with Crippen LogP contribution in [-0.2, 0) is 0 Å². The first-order chi connectivity index (χ1) is 13.2. The maximum atomic E-state index is 5.86. The molecule has 0 aliphatic carbocycles. The number of unbranched alkanes of at least 4 members (excludes halogenated alkanes) is 2. The van der Waals surface area contributed by atoms with Crippen molar-refractivity contribution in [2.75, 3.05) is 20.2 Å².